The van der Waals surface area contributed by atoms with Gasteiger partial charge in [-0.3, -0.25) is 19.2 Å². The smallest absolute Gasteiger partial charge is 0.245 e. The van der Waals surface area contributed by atoms with Crippen molar-refractivity contribution >= 4 is 23.9 Å². The molecule has 0 radical (unpaired) electrons. The Morgan fingerprint density at radius 1 is 1.26 bits per heavy atom. The maximum absolute atomic E-state index is 11.8. The highest BCUT2D eigenvalue weighted by molar-refractivity contribution is 6.31. The maximum Gasteiger partial charge on any atom is 0.245 e. The number of hydrogen-bond donors (Lipinski definition) is 1. The SMILES string of the molecule is CC(NC(=O)/C=C\C(=O)C=O)N1CCCCCC1=O. The summed E-state index contributed by atoms with van der Waals surface area (Å²) in [7, 11) is 0. The minimum Gasteiger partial charge on any atom is -0.333 e. The highest BCUT2D eigenvalue weighted by atomic mass is 16.2. The predicted octanol–water partition coefficient (Wildman–Crippen LogP) is 0.175. The number of carbonyl (C=O) groups is 4. The second-order valence-corrected chi connectivity index (χ2v) is 4.44. The lowest BCUT2D eigenvalue weighted by atomic mass is 10.2. The summed E-state index contributed by atoms with van der Waals surface area (Å²) in [6.45, 7) is 2.34. The minimum absolute atomic E-state index is 0.0262. The molecule has 6 heteroatoms. The van der Waals surface area contributed by atoms with E-state index in [0.29, 0.717) is 13.0 Å². The number of hydrogen-bond acceptors (Lipinski definition) is 4. The third-order valence-corrected chi connectivity index (χ3v) is 2.94. The highest BCUT2D eigenvalue weighted by Gasteiger charge is 2.22. The lowest BCUT2D eigenvalue weighted by Crippen LogP contribution is -2.48. The quantitative estimate of drug-likeness (QED) is 0.437. The molecule has 1 heterocycles. The van der Waals surface area contributed by atoms with Crippen molar-refractivity contribution in [2.45, 2.75) is 38.8 Å². The van der Waals surface area contributed by atoms with Crippen molar-refractivity contribution in [2.24, 2.45) is 0 Å². The fourth-order valence-corrected chi connectivity index (χ4v) is 1.94. The van der Waals surface area contributed by atoms with E-state index < -0.39 is 17.9 Å². The molecule has 104 valence electrons. The maximum atomic E-state index is 11.8. The molecule has 0 spiro atoms. The van der Waals surface area contributed by atoms with Crippen LogP contribution in [0, 0.1) is 0 Å². The molecule has 0 aromatic rings. The van der Waals surface area contributed by atoms with Crippen LogP contribution in [-0.2, 0) is 19.2 Å². The van der Waals surface area contributed by atoms with Gasteiger partial charge in [-0.15, -0.1) is 0 Å². The van der Waals surface area contributed by atoms with E-state index in [4.69, 9.17) is 0 Å². The van der Waals surface area contributed by atoms with Crippen molar-refractivity contribution in [3.63, 3.8) is 0 Å². The van der Waals surface area contributed by atoms with Crippen LogP contribution in [0.25, 0.3) is 0 Å². The molecular weight excluding hydrogens is 248 g/mol. The van der Waals surface area contributed by atoms with Crippen LogP contribution in [-0.4, -0.2) is 41.5 Å². The summed E-state index contributed by atoms with van der Waals surface area (Å²) in [5, 5.41) is 2.60. The zero-order valence-electron chi connectivity index (χ0n) is 10.9. The lowest BCUT2D eigenvalue weighted by Gasteiger charge is -2.28. The van der Waals surface area contributed by atoms with Gasteiger partial charge in [0.1, 0.15) is 6.17 Å². The third-order valence-electron chi connectivity index (χ3n) is 2.94. The Hall–Kier alpha value is -1.98. The van der Waals surface area contributed by atoms with Gasteiger partial charge in [-0.1, -0.05) is 6.42 Å². The summed E-state index contributed by atoms with van der Waals surface area (Å²) in [6, 6.07) is 0. The summed E-state index contributed by atoms with van der Waals surface area (Å²) in [5.41, 5.74) is 0. The van der Waals surface area contributed by atoms with Gasteiger partial charge in [-0.25, -0.2) is 0 Å². The van der Waals surface area contributed by atoms with Gasteiger partial charge in [0.05, 0.1) is 0 Å². The zero-order valence-corrected chi connectivity index (χ0v) is 10.9. The van der Waals surface area contributed by atoms with E-state index >= 15 is 0 Å². The number of ketones is 1. The molecule has 19 heavy (non-hydrogen) atoms. The molecule has 0 aromatic heterocycles. The van der Waals surface area contributed by atoms with Crippen molar-refractivity contribution in [3.8, 4) is 0 Å². The summed E-state index contributed by atoms with van der Waals surface area (Å²) in [6.07, 6.45) is 4.92. The molecule has 0 saturated carbocycles. The first kappa shape index (κ1) is 15.1. The van der Waals surface area contributed by atoms with Gasteiger partial charge in [-0.05, 0) is 25.8 Å². The number of rotatable bonds is 5. The molecule has 1 N–H and O–H groups in total. The summed E-state index contributed by atoms with van der Waals surface area (Å²) < 4.78 is 0. The van der Waals surface area contributed by atoms with Gasteiger partial charge in [-0.2, -0.15) is 0 Å². The highest BCUT2D eigenvalue weighted by Crippen LogP contribution is 2.12. The Morgan fingerprint density at radius 3 is 2.68 bits per heavy atom. The van der Waals surface area contributed by atoms with Gasteiger partial charge in [0, 0.05) is 19.0 Å². The molecule has 2 amide bonds. The second kappa shape index (κ2) is 7.45. The molecule has 1 aliphatic heterocycles. The molecule has 1 unspecified atom stereocenters. The Balaban J connectivity index is 2.53. The van der Waals surface area contributed by atoms with Gasteiger partial charge >= 0.3 is 0 Å². The number of aldehydes is 1. The first-order valence-corrected chi connectivity index (χ1v) is 6.32. The van der Waals surface area contributed by atoms with Crippen LogP contribution in [0.2, 0.25) is 0 Å². The lowest BCUT2D eigenvalue weighted by molar-refractivity contribution is -0.134. The Kier molecular flexibility index (Phi) is 5.92. The molecule has 1 atom stereocenters. The van der Waals surface area contributed by atoms with Crippen molar-refractivity contribution < 1.29 is 19.2 Å². The zero-order chi connectivity index (χ0) is 14.3. The summed E-state index contributed by atoms with van der Waals surface area (Å²) >= 11 is 0. The van der Waals surface area contributed by atoms with Crippen molar-refractivity contribution in [1.29, 1.82) is 0 Å². The van der Waals surface area contributed by atoms with Gasteiger partial charge < -0.3 is 10.2 Å². The van der Waals surface area contributed by atoms with Crippen LogP contribution in [0.5, 0.6) is 0 Å². The second-order valence-electron chi connectivity index (χ2n) is 4.44. The number of nitrogens with zero attached hydrogens (tertiary/aromatic N) is 1. The Morgan fingerprint density at radius 2 is 2.00 bits per heavy atom. The predicted molar refractivity (Wildman–Crippen MR) is 68.0 cm³/mol. The molecule has 0 bridgehead atoms. The average molecular weight is 266 g/mol. The van der Waals surface area contributed by atoms with E-state index in [0.717, 1.165) is 31.4 Å². The Bertz CT molecular complexity index is 403. The molecule has 1 fully saturated rings. The van der Waals surface area contributed by atoms with Gasteiger partial charge in [0.25, 0.3) is 0 Å². The van der Waals surface area contributed by atoms with E-state index in [-0.39, 0.29) is 12.2 Å². The number of nitrogens with one attached hydrogen (secondary N) is 1. The van der Waals surface area contributed by atoms with Crippen LogP contribution in [0.4, 0.5) is 0 Å². The standard InChI is InChI=1S/C13H18N2O4/c1-10(14-12(18)7-6-11(17)9-16)15-8-4-2-3-5-13(15)19/h6-7,9-10H,2-5,8H2,1H3,(H,14,18)/b7-6-. The Labute approximate surface area is 111 Å². The molecule has 1 aliphatic rings. The van der Waals surface area contributed by atoms with E-state index in [1.807, 2.05) is 0 Å². The summed E-state index contributed by atoms with van der Waals surface area (Å²) in [4.78, 5) is 45.7. The molecule has 0 aliphatic carbocycles. The number of carbonyl (C=O) groups excluding carboxylic acids is 4. The van der Waals surface area contributed by atoms with Crippen LogP contribution in [0.3, 0.4) is 0 Å². The van der Waals surface area contributed by atoms with Crippen molar-refractivity contribution in [1.82, 2.24) is 10.2 Å². The van der Waals surface area contributed by atoms with Crippen LogP contribution < -0.4 is 5.32 Å². The monoisotopic (exact) mass is 266 g/mol. The number of amides is 2. The average Bonchev–Trinajstić information content (AvgIpc) is 2.60. The van der Waals surface area contributed by atoms with Crippen LogP contribution in [0.15, 0.2) is 12.2 Å². The normalized spacial score (nSPS) is 17.9. The van der Waals surface area contributed by atoms with Crippen molar-refractivity contribution in [2.75, 3.05) is 6.54 Å². The summed E-state index contributed by atoms with van der Waals surface area (Å²) in [5.74, 6) is -1.24. The molecular formula is C13H18N2O4. The van der Waals surface area contributed by atoms with Gasteiger partial charge in [0.2, 0.25) is 17.6 Å². The molecule has 0 aromatic carbocycles. The van der Waals surface area contributed by atoms with Crippen LogP contribution in [0.1, 0.15) is 32.6 Å². The first-order valence-electron chi connectivity index (χ1n) is 6.32. The van der Waals surface area contributed by atoms with Crippen LogP contribution >= 0.6 is 0 Å². The molecule has 6 nitrogen and oxygen atoms in total. The van der Waals surface area contributed by atoms with E-state index in [1.54, 1.807) is 11.8 Å². The number of likely N-dealkylation sites (tertiary alicyclic amines) is 1. The van der Waals surface area contributed by atoms with E-state index in [2.05, 4.69) is 5.32 Å². The first-order chi connectivity index (χ1) is 9.04. The van der Waals surface area contributed by atoms with Crippen molar-refractivity contribution in [3.05, 3.63) is 12.2 Å². The molecule has 1 saturated heterocycles. The minimum atomic E-state index is -0.770. The topological polar surface area (TPSA) is 83.6 Å². The fourth-order valence-electron chi connectivity index (χ4n) is 1.94. The third kappa shape index (κ3) is 5.03. The largest absolute Gasteiger partial charge is 0.333 e. The van der Waals surface area contributed by atoms with Gasteiger partial charge in [0.15, 0.2) is 6.29 Å². The van der Waals surface area contributed by atoms with E-state index in [9.17, 15) is 19.2 Å². The number of allylic oxidation sites excluding steroid dienone is 1. The fraction of sp³-hybridized carbons (Fsp3) is 0.538. The molecule has 1 rings (SSSR count). The van der Waals surface area contributed by atoms with E-state index in [1.165, 1.54) is 0 Å².